The van der Waals surface area contributed by atoms with E-state index in [1.807, 2.05) is 0 Å². The smallest absolute Gasteiger partial charge is 0.0108 e. The van der Waals surface area contributed by atoms with Crippen LogP contribution in [-0.2, 0) is 6.42 Å². The van der Waals surface area contributed by atoms with E-state index in [9.17, 15) is 0 Å². The summed E-state index contributed by atoms with van der Waals surface area (Å²) in [6.45, 7) is 2.22. The lowest BCUT2D eigenvalue weighted by atomic mass is 9.85. The van der Waals surface area contributed by atoms with Crippen LogP contribution in [0, 0.1) is 0 Å². The summed E-state index contributed by atoms with van der Waals surface area (Å²) in [6.07, 6.45) is 7.52. The Kier molecular flexibility index (Phi) is 4.00. The van der Waals surface area contributed by atoms with Crippen molar-refractivity contribution in [3.8, 4) is 0 Å². The van der Waals surface area contributed by atoms with Crippen molar-refractivity contribution in [3.05, 3.63) is 35.4 Å². The average molecular weight is 217 g/mol. The van der Waals surface area contributed by atoms with Crippen molar-refractivity contribution in [1.82, 2.24) is 0 Å². The van der Waals surface area contributed by atoms with Gasteiger partial charge in [0, 0.05) is 6.04 Å². The first-order chi connectivity index (χ1) is 7.83. The number of aryl methyl sites for hydroxylation is 1. The average Bonchev–Trinajstić information content (AvgIpc) is 2.51. The van der Waals surface area contributed by atoms with Gasteiger partial charge in [0.1, 0.15) is 0 Å². The summed E-state index contributed by atoms with van der Waals surface area (Å²) in [5.41, 5.74) is 9.41. The molecule has 0 fully saturated rings. The summed E-state index contributed by atoms with van der Waals surface area (Å²) in [5.74, 6) is 0.596. The van der Waals surface area contributed by atoms with Gasteiger partial charge in [-0.1, -0.05) is 44.0 Å². The molecule has 16 heavy (non-hydrogen) atoms. The molecule has 0 saturated heterocycles. The molecule has 1 aromatic rings. The maximum atomic E-state index is 6.34. The molecule has 88 valence electrons. The van der Waals surface area contributed by atoms with Crippen molar-refractivity contribution in [3.63, 3.8) is 0 Å². The highest BCUT2D eigenvalue weighted by molar-refractivity contribution is 5.32. The third-order valence-corrected chi connectivity index (χ3v) is 3.80. The Balaban J connectivity index is 2.25. The Hall–Kier alpha value is -0.820. The molecular weight excluding hydrogens is 194 g/mol. The van der Waals surface area contributed by atoms with Crippen LogP contribution in [0.2, 0.25) is 0 Å². The Bertz CT molecular complexity index is 332. The van der Waals surface area contributed by atoms with Crippen molar-refractivity contribution >= 4 is 0 Å². The molecule has 1 aliphatic rings. The zero-order valence-corrected chi connectivity index (χ0v) is 10.3. The van der Waals surface area contributed by atoms with Gasteiger partial charge in [0.05, 0.1) is 0 Å². The Morgan fingerprint density at radius 1 is 1.31 bits per heavy atom. The summed E-state index contributed by atoms with van der Waals surface area (Å²) in [5, 5.41) is 0. The Morgan fingerprint density at radius 3 is 2.94 bits per heavy atom. The first-order valence-electron chi connectivity index (χ1n) is 6.66. The predicted molar refractivity (Wildman–Crippen MR) is 69.6 cm³/mol. The molecule has 0 amide bonds. The highest BCUT2D eigenvalue weighted by Crippen LogP contribution is 2.33. The van der Waals surface area contributed by atoms with Crippen LogP contribution in [0.3, 0.4) is 0 Å². The van der Waals surface area contributed by atoms with E-state index >= 15 is 0 Å². The van der Waals surface area contributed by atoms with Crippen LogP contribution in [0.25, 0.3) is 0 Å². The molecular formula is C15H23N. The number of rotatable bonds is 3. The normalized spacial score (nSPS) is 22.2. The van der Waals surface area contributed by atoms with Gasteiger partial charge < -0.3 is 5.73 Å². The fourth-order valence-electron chi connectivity index (χ4n) is 2.94. The van der Waals surface area contributed by atoms with Crippen molar-refractivity contribution in [1.29, 1.82) is 0 Å². The maximum Gasteiger partial charge on any atom is 0.0108 e. The van der Waals surface area contributed by atoms with Crippen LogP contribution in [0.5, 0.6) is 0 Å². The molecule has 1 nitrogen and oxygen atoms in total. The van der Waals surface area contributed by atoms with E-state index < -0.39 is 0 Å². The van der Waals surface area contributed by atoms with E-state index in [4.69, 9.17) is 5.73 Å². The van der Waals surface area contributed by atoms with E-state index in [0.29, 0.717) is 12.0 Å². The second kappa shape index (κ2) is 5.49. The summed E-state index contributed by atoms with van der Waals surface area (Å²) in [7, 11) is 0. The first kappa shape index (κ1) is 11.7. The first-order valence-corrected chi connectivity index (χ1v) is 6.66. The molecule has 0 bridgehead atoms. The highest BCUT2D eigenvalue weighted by Gasteiger charge is 2.23. The minimum atomic E-state index is 0.351. The lowest BCUT2D eigenvalue weighted by Crippen LogP contribution is -2.28. The zero-order chi connectivity index (χ0) is 11.4. The Labute approximate surface area is 99.0 Å². The van der Waals surface area contributed by atoms with E-state index in [1.165, 1.54) is 43.2 Å². The molecule has 0 radical (unpaired) electrons. The van der Waals surface area contributed by atoms with E-state index in [1.54, 1.807) is 0 Å². The minimum Gasteiger partial charge on any atom is -0.327 e. The molecule has 1 aromatic carbocycles. The van der Waals surface area contributed by atoms with Gasteiger partial charge in [-0.3, -0.25) is 0 Å². The van der Waals surface area contributed by atoms with Crippen molar-refractivity contribution in [2.45, 2.75) is 57.4 Å². The molecule has 2 N–H and O–H groups in total. The number of fused-ring (bicyclic) bond motifs is 1. The van der Waals surface area contributed by atoms with Gasteiger partial charge in [-0.05, 0) is 42.7 Å². The number of hydrogen-bond acceptors (Lipinski definition) is 1. The quantitative estimate of drug-likeness (QED) is 0.769. The van der Waals surface area contributed by atoms with Gasteiger partial charge in [0.15, 0.2) is 0 Å². The lowest BCUT2D eigenvalue weighted by Gasteiger charge is -2.24. The van der Waals surface area contributed by atoms with Crippen molar-refractivity contribution < 1.29 is 0 Å². The van der Waals surface area contributed by atoms with Crippen molar-refractivity contribution in [2.75, 3.05) is 0 Å². The largest absolute Gasteiger partial charge is 0.327 e. The van der Waals surface area contributed by atoms with E-state index in [-0.39, 0.29) is 0 Å². The molecule has 2 unspecified atom stereocenters. The fourth-order valence-corrected chi connectivity index (χ4v) is 2.94. The summed E-state index contributed by atoms with van der Waals surface area (Å²) in [4.78, 5) is 0. The summed E-state index contributed by atoms with van der Waals surface area (Å²) < 4.78 is 0. The molecule has 1 heteroatoms. The molecule has 0 aromatic heterocycles. The zero-order valence-electron chi connectivity index (χ0n) is 10.3. The van der Waals surface area contributed by atoms with Gasteiger partial charge in [-0.15, -0.1) is 0 Å². The van der Waals surface area contributed by atoms with E-state index in [2.05, 4.69) is 31.2 Å². The standard InChI is InChI=1S/C15H23N/c1-2-7-15(16)14-11-6-4-9-12-8-3-5-10-13(12)14/h3,5,8,10,14-15H,2,4,6-7,9,11,16H2,1H3. The molecule has 0 spiro atoms. The molecule has 2 rings (SSSR count). The molecule has 1 aliphatic carbocycles. The molecule has 0 aliphatic heterocycles. The Morgan fingerprint density at radius 2 is 2.12 bits per heavy atom. The number of nitrogens with two attached hydrogens (primary N) is 1. The molecule has 0 heterocycles. The SMILES string of the molecule is CCCC(N)C1CCCCc2ccccc21. The second-order valence-electron chi connectivity index (χ2n) is 5.00. The van der Waals surface area contributed by atoms with Crippen LogP contribution in [0.15, 0.2) is 24.3 Å². The fraction of sp³-hybridized carbons (Fsp3) is 0.600. The lowest BCUT2D eigenvalue weighted by molar-refractivity contribution is 0.462. The third-order valence-electron chi connectivity index (χ3n) is 3.80. The monoisotopic (exact) mass is 217 g/mol. The highest BCUT2D eigenvalue weighted by atomic mass is 14.6. The van der Waals surface area contributed by atoms with E-state index in [0.717, 1.165) is 6.42 Å². The summed E-state index contributed by atoms with van der Waals surface area (Å²) >= 11 is 0. The number of benzene rings is 1. The van der Waals surface area contributed by atoms with Gasteiger partial charge in [0.2, 0.25) is 0 Å². The minimum absolute atomic E-state index is 0.351. The van der Waals surface area contributed by atoms with Gasteiger partial charge in [-0.25, -0.2) is 0 Å². The second-order valence-corrected chi connectivity index (χ2v) is 5.00. The van der Waals surface area contributed by atoms with Gasteiger partial charge in [-0.2, -0.15) is 0 Å². The third kappa shape index (κ3) is 2.46. The maximum absolute atomic E-state index is 6.34. The topological polar surface area (TPSA) is 26.0 Å². The van der Waals surface area contributed by atoms with Crippen LogP contribution in [-0.4, -0.2) is 6.04 Å². The summed E-state index contributed by atoms with van der Waals surface area (Å²) in [6, 6.07) is 9.25. The van der Waals surface area contributed by atoms with Crippen LogP contribution in [0.4, 0.5) is 0 Å². The molecule has 0 saturated carbocycles. The van der Waals surface area contributed by atoms with Gasteiger partial charge in [0.25, 0.3) is 0 Å². The molecule has 2 atom stereocenters. The van der Waals surface area contributed by atoms with Crippen LogP contribution >= 0.6 is 0 Å². The van der Waals surface area contributed by atoms with Crippen molar-refractivity contribution in [2.24, 2.45) is 5.73 Å². The van der Waals surface area contributed by atoms with Gasteiger partial charge >= 0.3 is 0 Å². The van der Waals surface area contributed by atoms with Crippen LogP contribution in [0.1, 0.15) is 56.1 Å². The van der Waals surface area contributed by atoms with Crippen LogP contribution < -0.4 is 5.73 Å². The predicted octanol–water partition coefficient (Wildman–Crippen LogP) is 3.62. The number of hydrogen-bond donors (Lipinski definition) is 1.